The molecule has 0 spiro atoms. The second-order valence-corrected chi connectivity index (χ2v) is 3.95. The summed E-state index contributed by atoms with van der Waals surface area (Å²) in [4.78, 5) is 22.7. The SMILES string of the molecule is CC=C(C)C(=O)NCC(CC)(CC)C(=O)O. The Labute approximate surface area is 96.7 Å². The molecule has 0 aromatic heterocycles. The van der Waals surface area contributed by atoms with Crippen LogP contribution >= 0.6 is 0 Å². The highest BCUT2D eigenvalue weighted by Gasteiger charge is 2.35. The first-order valence-electron chi connectivity index (χ1n) is 5.58. The summed E-state index contributed by atoms with van der Waals surface area (Å²) in [7, 11) is 0. The molecule has 16 heavy (non-hydrogen) atoms. The van der Waals surface area contributed by atoms with Gasteiger partial charge in [-0.15, -0.1) is 0 Å². The molecule has 0 atom stereocenters. The average molecular weight is 227 g/mol. The minimum Gasteiger partial charge on any atom is -0.481 e. The molecule has 0 aromatic rings. The first-order valence-corrected chi connectivity index (χ1v) is 5.58. The Kier molecular flexibility index (Phi) is 5.78. The highest BCUT2D eigenvalue weighted by Crippen LogP contribution is 2.25. The van der Waals surface area contributed by atoms with E-state index in [4.69, 9.17) is 5.11 Å². The van der Waals surface area contributed by atoms with Gasteiger partial charge in [0.05, 0.1) is 5.41 Å². The van der Waals surface area contributed by atoms with E-state index in [-0.39, 0.29) is 12.5 Å². The van der Waals surface area contributed by atoms with Crippen molar-refractivity contribution in [2.45, 2.75) is 40.5 Å². The van der Waals surface area contributed by atoms with Crippen LogP contribution in [0.3, 0.4) is 0 Å². The molecule has 0 aromatic carbocycles. The molecule has 4 heteroatoms. The van der Waals surface area contributed by atoms with Crippen molar-refractivity contribution in [3.05, 3.63) is 11.6 Å². The summed E-state index contributed by atoms with van der Waals surface area (Å²) < 4.78 is 0. The van der Waals surface area contributed by atoms with E-state index >= 15 is 0 Å². The number of nitrogens with one attached hydrogen (secondary N) is 1. The first-order chi connectivity index (χ1) is 7.43. The van der Waals surface area contributed by atoms with Gasteiger partial charge >= 0.3 is 5.97 Å². The molecule has 0 saturated heterocycles. The van der Waals surface area contributed by atoms with Crippen LogP contribution in [0.1, 0.15) is 40.5 Å². The average Bonchev–Trinajstić information content (AvgIpc) is 2.29. The van der Waals surface area contributed by atoms with Gasteiger partial charge in [0.2, 0.25) is 5.91 Å². The van der Waals surface area contributed by atoms with Gasteiger partial charge in [-0.2, -0.15) is 0 Å². The maximum absolute atomic E-state index is 11.5. The Balaban J connectivity index is 4.57. The summed E-state index contributed by atoms with van der Waals surface area (Å²) in [6, 6.07) is 0. The van der Waals surface area contributed by atoms with Crippen LogP contribution < -0.4 is 5.32 Å². The molecular weight excluding hydrogens is 206 g/mol. The van der Waals surface area contributed by atoms with Crippen LogP contribution in [0.4, 0.5) is 0 Å². The van der Waals surface area contributed by atoms with Crippen molar-refractivity contribution >= 4 is 11.9 Å². The Morgan fingerprint density at radius 3 is 2.12 bits per heavy atom. The molecule has 0 aliphatic heterocycles. The van der Waals surface area contributed by atoms with Crippen molar-refractivity contribution < 1.29 is 14.7 Å². The predicted octanol–water partition coefficient (Wildman–Crippen LogP) is 1.96. The minimum absolute atomic E-state index is 0.180. The quantitative estimate of drug-likeness (QED) is 0.682. The van der Waals surface area contributed by atoms with Gasteiger partial charge in [-0.1, -0.05) is 19.9 Å². The highest BCUT2D eigenvalue weighted by molar-refractivity contribution is 5.93. The third-order valence-electron chi connectivity index (χ3n) is 3.19. The van der Waals surface area contributed by atoms with Crippen LogP contribution in [0.15, 0.2) is 11.6 Å². The van der Waals surface area contributed by atoms with E-state index in [0.29, 0.717) is 18.4 Å². The number of hydrogen-bond acceptors (Lipinski definition) is 2. The number of carboxylic acids is 1. The van der Waals surface area contributed by atoms with Gasteiger partial charge in [0, 0.05) is 12.1 Å². The van der Waals surface area contributed by atoms with Crippen molar-refractivity contribution in [1.29, 1.82) is 0 Å². The number of hydrogen-bond donors (Lipinski definition) is 2. The molecule has 92 valence electrons. The van der Waals surface area contributed by atoms with E-state index in [1.165, 1.54) is 0 Å². The molecule has 0 radical (unpaired) electrons. The van der Waals surface area contributed by atoms with E-state index in [0.717, 1.165) is 0 Å². The molecule has 0 aliphatic rings. The van der Waals surface area contributed by atoms with Crippen LogP contribution in [0.2, 0.25) is 0 Å². The second-order valence-electron chi connectivity index (χ2n) is 3.95. The fourth-order valence-corrected chi connectivity index (χ4v) is 1.40. The number of carbonyl (C=O) groups excluding carboxylic acids is 1. The smallest absolute Gasteiger partial charge is 0.311 e. The Bertz CT molecular complexity index is 291. The van der Waals surface area contributed by atoms with Gasteiger partial charge in [-0.3, -0.25) is 9.59 Å². The lowest BCUT2D eigenvalue weighted by molar-refractivity contribution is -0.149. The fourth-order valence-electron chi connectivity index (χ4n) is 1.40. The molecule has 1 amide bonds. The first kappa shape index (κ1) is 14.7. The normalized spacial score (nSPS) is 12.4. The number of allylic oxidation sites excluding steroid dienone is 1. The Morgan fingerprint density at radius 2 is 1.81 bits per heavy atom. The Morgan fingerprint density at radius 1 is 1.31 bits per heavy atom. The van der Waals surface area contributed by atoms with Gasteiger partial charge in [-0.25, -0.2) is 0 Å². The van der Waals surface area contributed by atoms with E-state index in [1.54, 1.807) is 19.9 Å². The lowest BCUT2D eigenvalue weighted by atomic mass is 9.82. The van der Waals surface area contributed by atoms with Crippen molar-refractivity contribution in [3.8, 4) is 0 Å². The van der Waals surface area contributed by atoms with Gasteiger partial charge in [0.25, 0.3) is 0 Å². The summed E-state index contributed by atoms with van der Waals surface area (Å²) in [5.74, 6) is -1.05. The van der Waals surface area contributed by atoms with Crippen molar-refractivity contribution in [1.82, 2.24) is 5.32 Å². The van der Waals surface area contributed by atoms with Crippen LogP contribution in [-0.4, -0.2) is 23.5 Å². The number of carboxylic acid groups (broad SMARTS) is 1. The molecule has 0 aliphatic carbocycles. The monoisotopic (exact) mass is 227 g/mol. The minimum atomic E-state index is -0.851. The number of carbonyl (C=O) groups is 2. The zero-order chi connectivity index (χ0) is 12.8. The second kappa shape index (κ2) is 6.30. The molecular formula is C12H21NO3. The summed E-state index contributed by atoms with van der Waals surface area (Å²) in [5, 5.41) is 11.8. The number of rotatable bonds is 6. The summed E-state index contributed by atoms with van der Waals surface area (Å²) >= 11 is 0. The van der Waals surface area contributed by atoms with E-state index in [1.807, 2.05) is 13.8 Å². The maximum atomic E-state index is 11.5. The number of aliphatic carboxylic acids is 1. The van der Waals surface area contributed by atoms with Gasteiger partial charge in [0.1, 0.15) is 0 Å². The van der Waals surface area contributed by atoms with Crippen molar-refractivity contribution in [3.63, 3.8) is 0 Å². The van der Waals surface area contributed by atoms with E-state index in [2.05, 4.69) is 5.32 Å². The van der Waals surface area contributed by atoms with Crippen LogP contribution in [0, 0.1) is 5.41 Å². The predicted molar refractivity (Wildman–Crippen MR) is 63.1 cm³/mol. The lowest BCUT2D eigenvalue weighted by Crippen LogP contribution is -2.42. The third kappa shape index (κ3) is 3.36. The zero-order valence-electron chi connectivity index (χ0n) is 10.5. The molecule has 0 fully saturated rings. The van der Waals surface area contributed by atoms with Gasteiger partial charge in [0.15, 0.2) is 0 Å². The molecule has 4 nitrogen and oxygen atoms in total. The maximum Gasteiger partial charge on any atom is 0.311 e. The zero-order valence-corrected chi connectivity index (χ0v) is 10.5. The van der Waals surface area contributed by atoms with Crippen molar-refractivity contribution in [2.75, 3.05) is 6.54 Å². The van der Waals surface area contributed by atoms with Crippen LogP contribution in [-0.2, 0) is 9.59 Å². The highest BCUT2D eigenvalue weighted by atomic mass is 16.4. The summed E-state index contributed by atoms with van der Waals surface area (Å²) in [6.07, 6.45) is 2.72. The topological polar surface area (TPSA) is 66.4 Å². The molecule has 0 rings (SSSR count). The van der Waals surface area contributed by atoms with E-state index < -0.39 is 11.4 Å². The third-order valence-corrected chi connectivity index (χ3v) is 3.19. The molecule has 0 unspecified atom stereocenters. The van der Waals surface area contributed by atoms with Crippen molar-refractivity contribution in [2.24, 2.45) is 5.41 Å². The fraction of sp³-hybridized carbons (Fsp3) is 0.667. The standard InChI is InChI=1S/C12H21NO3/c1-5-9(4)10(14)13-8-12(6-2,7-3)11(15)16/h5H,6-8H2,1-4H3,(H,13,14)(H,15,16). The molecule has 2 N–H and O–H groups in total. The molecule has 0 heterocycles. The summed E-state index contributed by atoms with van der Waals surface area (Å²) in [6.45, 7) is 7.31. The largest absolute Gasteiger partial charge is 0.481 e. The van der Waals surface area contributed by atoms with Crippen LogP contribution in [0.5, 0.6) is 0 Å². The molecule has 0 saturated carbocycles. The Hall–Kier alpha value is -1.32. The van der Waals surface area contributed by atoms with E-state index in [9.17, 15) is 9.59 Å². The van der Waals surface area contributed by atoms with Crippen LogP contribution in [0.25, 0.3) is 0 Å². The van der Waals surface area contributed by atoms with Gasteiger partial charge in [-0.05, 0) is 26.7 Å². The number of amides is 1. The lowest BCUT2D eigenvalue weighted by Gasteiger charge is -2.26. The molecule has 0 bridgehead atoms. The summed E-state index contributed by atoms with van der Waals surface area (Å²) in [5.41, 5.74) is -0.240. The van der Waals surface area contributed by atoms with Gasteiger partial charge < -0.3 is 10.4 Å².